The van der Waals surface area contributed by atoms with Crippen molar-refractivity contribution < 1.29 is 14.6 Å². The van der Waals surface area contributed by atoms with E-state index in [1.165, 1.54) is 64.9 Å². The average molecular weight is 298 g/mol. The Hall–Kier alpha value is -0.830. The van der Waals surface area contributed by atoms with E-state index in [9.17, 15) is 4.79 Å². The Balaban J connectivity index is 3.42. The van der Waals surface area contributed by atoms with Gasteiger partial charge in [0.2, 0.25) is 0 Å². The first kappa shape index (κ1) is 20.2. The zero-order chi connectivity index (χ0) is 15.8. The van der Waals surface area contributed by atoms with Crippen LogP contribution in [0.1, 0.15) is 84.0 Å². The average Bonchev–Trinajstić information content (AvgIpc) is 2.50. The molecule has 3 nitrogen and oxygen atoms in total. The van der Waals surface area contributed by atoms with Crippen molar-refractivity contribution in [1.82, 2.24) is 0 Å². The molecule has 21 heavy (non-hydrogen) atoms. The van der Waals surface area contributed by atoms with Crippen molar-refractivity contribution in [1.29, 1.82) is 0 Å². The van der Waals surface area contributed by atoms with E-state index in [-0.39, 0.29) is 12.6 Å². The highest BCUT2D eigenvalue weighted by molar-refractivity contribution is 5.88. The Morgan fingerprint density at radius 2 is 1.38 bits per heavy atom. The molecule has 0 aromatic carbocycles. The number of unbranched alkanes of at least 4 members (excludes halogenated alkanes) is 10. The summed E-state index contributed by atoms with van der Waals surface area (Å²) in [7, 11) is 1.38. The van der Waals surface area contributed by atoms with Crippen molar-refractivity contribution in [2.75, 3.05) is 13.7 Å². The molecule has 0 aliphatic heterocycles. The van der Waals surface area contributed by atoms with Crippen molar-refractivity contribution in [3.05, 3.63) is 11.6 Å². The highest BCUT2D eigenvalue weighted by atomic mass is 16.5. The van der Waals surface area contributed by atoms with Gasteiger partial charge < -0.3 is 9.84 Å². The zero-order valence-electron chi connectivity index (χ0n) is 14.0. The maximum atomic E-state index is 11.4. The van der Waals surface area contributed by atoms with E-state index >= 15 is 0 Å². The van der Waals surface area contributed by atoms with Crippen LogP contribution in [-0.2, 0) is 9.53 Å². The number of methoxy groups -OCH3 is 1. The molecular formula is C18H34O3. The molecule has 0 aliphatic rings. The third-order valence-electron chi connectivity index (χ3n) is 3.83. The Kier molecular flexibility index (Phi) is 14.9. The minimum atomic E-state index is -0.309. The summed E-state index contributed by atoms with van der Waals surface area (Å²) in [4.78, 5) is 11.4. The zero-order valence-corrected chi connectivity index (χ0v) is 14.0. The van der Waals surface area contributed by atoms with E-state index in [1.54, 1.807) is 6.08 Å². The molecule has 0 aromatic rings. The van der Waals surface area contributed by atoms with Gasteiger partial charge in [-0.15, -0.1) is 0 Å². The predicted molar refractivity (Wildman–Crippen MR) is 88.3 cm³/mol. The van der Waals surface area contributed by atoms with Crippen LogP contribution in [0.2, 0.25) is 0 Å². The van der Waals surface area contributed by atoms with Crippen molar-refractivity contribution in [3.8, 4) is 0 Å². The fourth-order valence-electron chi connectivity index (χ4n) is 2.51. The van der Waals surface area contributed by atoms with E-state index in [0.717, 1.165) is 12.8 Å². The number of aliphatic hydroxyl groups excluding tert-OH is 1. The molecule has 0 aliphatic carbocycles. The van der Waals surface area contributed by atoms with Gasteiger partial charge in [-0.25, -0.2) is 4.79 Å². The number of rotatable bonds is 14. The molecule has 0 bridgehead atoms. The monoisotopic (exact) mass is 298 g/mol. The lowest BCUT2D eigenvalue weighted by Gasteiger charge is -2.05. The summed E-state index contributed by atoms with van der Waals surface area (Å²) in [5.41, 5.74) is 0.607. The molecule has 0 aromatic heterocycles. The standard InChI is InChI=1S/C18H34O3/c1-3-4-5-6-7-8-9-10-11-12-13-14-17(15-16-19)18(20)21-2/h15,19H,3-14,16H2,1-2H3. The molecule has 0 unspecified atom stereocenters. The highest BCUT2D eigenvalue weighted by Crippen LogP contribution is 2.14. The van der Waals surface area contributed by atoms with Gasteiger partial charge in [-0.3, -0.25) is 0 Å². The van der Waals surface area contributed by atoms with Gasteiger partial charge in [-0.2, -0.15) is 0 Å². The molecule has 0 spiro atoms. The molecule has 3 heteroatoms. The molecule has 0 saturated heterocycles. The molecule has 1 N–H and O–H groups in total. The summed E-state index contributed by atoms with van der Waals surface area (Å²) in [6.07, 6.45) is 16.5. The van der Waals surface area contributed by atoms with Gasteiger partial charge >= 0.3 is 5.97 Å². The minimum absolute atomic E-state index is 0.0948. The number of aliphatic hydroxyl groups is 1. The maximum absolute atomic E-state index is 11.4. The van der Waals surface area contributed by atoms with E-state index in [1.807, 2.05) is 0 Å². The van der Waals surface area contributed by atoms with Crippen molar-refractivity contribution in [2.24, 2.45) is 0 Å². The third kappa shape index (κ3) is 12.6. The fourth-order valence-corrected chi connectivity index (χ4v) is 2.51. The summed E-state index contributed by atoms with van der Waals surface area (Å²) >= 11 is 0. The molecule has 124 valence electrons. The summed E-state index contributed by atoms with van der Waals surface area (Å²) in [6.45, 7) is 2.16. The van der Waals surface area contributed by atoms with E-state index < -0.39 is 0 Å². The van der Waals surface area contributed by atoms with Crippen LogP contribution in [0.4, 0.5) is 0 Å². The smallest absolute Gasteiger partial charge is 0.333 e. The van der Waals surface area contributed by atoms with E-state index in [2.05, 4.69) is 6.92 Å². The Labute approximate surface area is 130 Å². The number of hydrogen-bond donors (Lipinski definition) is 1. The molecule has 0 fully saturated rings. The molecule has 0 saturated carbocycles. The van der Waals surface area contributed by atoms with Gasteiger partial charge in [0.25, 0.3) is 0 Å². The molecule has 0 atom stereocenters. The van der Waals surface area contributed by atoms with Gasteiger partial charge in [0, 0.05) is 5.57 Å². The van der Waals surface area contributed by atoms with Crippen molar-refractivity contribution in [2.45, 2.75) is 84.0 Å². The minimum Gasteiger partial charge on any atom is -0.466 e. The SMILES string of the molecule is CCCCCCCCCCCCCC(=CCO)C(=O)OC. The van der Waals surface area contributed by atoms with Gasteiger partial charge in [-0.1, -0.05) is 71.1 Å². The van der Waals surface area contributed by atoms with Gasteiger partial charge in [0.1, 0.15) is 0 Å². The van der Waals surface area contributed by atoms with Gasteiger partial charge in [0.15, 0.2) is 0 Å². The highest BCUT2D eigenvalue weighted by Gasteiger charge is 2.08. The quantitative estimate of drug-likeness (QED) is 0.285. The Bertz CT molecular complexity index is 272. The largest absolute Gasteiger partial charge is 0.466 e. The van der Waals surface area contributed by atoms with Crippen LogP contribution >= 0.6 is 0 Å². The maximum Gasteiger partial charge on any atom is 0.333 e. The molecule has 0 amide bonds. The number of ether oxygens (including phenoxy) is 1. The van der Waals surface area contributed by atoms with Gasteiger partial charge in [0.05, 0.1) is 13.7 Å². The second-order valence-electron chi connectivity index (χ2n) is 5.69. The van der Waals surface area contributed by atoms with E-state index in [0.29, 0.717) is 12.0 Å². The fraction of sp³-hybridized carbons (Fsp3) is 0.833. The lowest BCUT2D eigenvalue weighted by molar-refractivity contribution is -0.136. The molecular weight excluding hydrogens is 264 g/mol. The first-order valence-electron chi connectivity index (χ1n) is 8.64. The van der Waals surface area contributed by atoms with Gasteiger partial charge in [-0.05, 0) is 18.9 Å². The number of esters is 1. The topological polar surface area (TPSA) is 46.5 Å². The Morgan fingerprint density at radius 1 is 0.905 bits per heavy atom. The van der Waals surface area contributed by atoms with Crippen LogP contribution in [0.5, 0.6) is 0 Å². The third-order valence-corrected chi connectivity index (χ3v) is 3.83. The second-order valence-corrected chi connectivity index (χ2v) is 5.69. The predicted octanol–water partition coefficient (Wildman–Crippen LogP) is 4.78. The first-order valence-corrected chi connectivity index (χ1v) is 8.64. The van der Waals surface area contributed by atoms with Crippen LogP contribution in [-0.4, -0.2) is 24.8 Å². The first-order chi connectivity index (χ1) is 10.3. The van der Waals surface area contributed by atoms with Crippen LogP contribution in [0.15, 0.2) is 11.6 Å². The van der Waals surface area contributed by atoms with Crippen LogP contribution in [0.25, 0.3) is 0 Å². The summed E-state index contributed by atoms with van der Waals surface area (Å²) < 4.78 is 4.70. The van der Waals surface area contributed by atoms with E-state index in [4.69, 9.17) is 9.84 Å². The van der Waals surface area contributed by atoms with Crippen molar-refractivity contribution >= 4 is 5.97 Å². The summed E-state index contributed by atoms with van der Waals surface area (Å²) in [6, 6.07) is 0. The lowest BCUT2D eigenvalue weighted by Crippen LogP contribution is -2.05. The van der Waals surface area contributed by atoms with Crippen LogP contribution in [0.3, 0.4) is 0 Å². The molecule has 0 heterocycles. The Morgan fingerprint density at radius 3 is 1.81 bits per heavy atom. The van der Waals surface area contributed by atoms with Crippen molar-refractivity contribution in [3.63, 3.8) is 0 Å². The number of hydrogen-bond acceptors (Lipinski definition) is 3. The molecule has 0 rings (SSSR count). The number of carbonyl (C=O) groups excluding carboxylic acids is 1. The summed E-state index contributed by atoms with van der Waals surface area (Å²) in [5.74, 6) is -0.309. The van der Waals surface area contributed by atoms with Crippen LogP contribution in [0, 0.1) is 0 Å². The molecule has 0 radical (unpaired) electrons. The van der Waals surface area contributed by atoms with Crippen LogP contribution < -0.4 is 0 Å². The summed E-state index contributed by atoms with van der Waals surface area (Å²) in [5, 5.41) is 8.87. The number of carbonyl (C=O) groups is 1. The normalized spacial score (nSPS) is 11.7. The second kappa shape index (κ2) is 15.6. The lowest BCUT2D eigenvalue weighted by atomic mass is 10.0.